The summed E-state index contributed by atoms with van der Waals surface area (Å²) >= 11 is 0. The fourth-order valence-electron chi connectivity index (χ4n) is 0.838. The topological polar surface area (TPSA) is 58.2 Å². The Bertz CT molecular complexity index is 237. The van der Waals surface area contributed by atoms with Gasteiger partial charge in [-0.1, -0.05) is 12.2 Å². The summed E-state index contributed by atoms with van der Waals surface area (Å²) in [6, 6.07) is 0. The molecule has 118 valence electrons. The quantitative estimate of drug-likeness (QED) is 0.357. The van der Waals surface area contributed by atoms with Crippen LogP contribution in [0.2, 0.25) is 0 Å². The second-order valence-corrected chi connectivity index (χ2v) is 2.99. The maximum Gasteiger partial charge on any atom is 3.00 e. The summed E-state index contributed by atoms with van der Waals surface area (Å²) in [6.07, 6.45) is 6.58. The van der Waals surface area contributed by atoms with E-state index in [0.29, 0.717) is 13.1 Å². The third-order valence-corrected chi connectivity index (χ3v) is 1.41. The molecule has 0 saturated carbocycles. The number of carbonyl (C=O) groups is 2. The Kier molecular flexibility index (Phi) is 56.5. The summed E-state index contributed by atoms with van der Waals surface area (Å²) in [4.78, 5) is 21.0. The van der Waals surface area contributed by atoms with Crippen molar-refractivity contribution in [2.45, 2.75) is 13.8 Å². The Morgan fingerprint density at radius 1 is 0.800 bits per heavy atom. The molecule has 0 aromatic rings. The average molecular weight is 376 g/mol. The van der Waals surface area contributed by atoms with Crippen LogP contribution in [0.3, 0.4) is 0 Å². The SMILES string of the molecule is CC=CC(=O)CNC.CC=CC(=O)CNC.[F-].[F-].[F-].[Nb+3]. The number of halogens is 3. The van der Waals surface area contributed by atoms with Crippen LogP contribution in [-0.2, 0) is 32.0 Å². The van der Waals surface area contributed by atoms with Crippen molar-refractivity contribution in [1.82, 2.24) is 10.6 Å². The fraction of sp³-hybridized carbons (Fsp3) is 0.500. The molecule has 0 spiro atoms. The van der Waals surface area contributed by atoms with Crippen LogP contribution in [0.15, 0.2) is 24.3 Å². The molecule has 0 atom stereocenters. The van der Waals surface area contributed by atoms with Gasteiger partial charge in [0.2, 0.25) is 0 Å². The van der Waals surface area contributed by atoms with Gasteiger partial charge in [-0.2, -0.15) is 0 Å². The summed E-state index contributed by atoms with van der Waals surface area (Å²) < 4.78 is 0. The molecular weight excluding hydrogens is 354 g/mol. The molecule has 2 N–H and O–H groups in total. The van der Waals surface area contributed by atoms with Crippen LogP contribution >= 0.6 is 0 Å². The molecule has 0 aliphatic rings. The van der Waals surface area contributed by atoms with E-state index in [9.17, 15) is 9.59 Å². The van der Waals surface area contributed by atoms with E-state index in [-0.39, 0.29) is 48.1 Å². The average Bonchev–Trinajstić information content (AvgIpc) is 2.20. The first-order valence-corrected chi connectivity index (χ1v) is 5.22. The van der Waals surface area contributed by atoms with Crippen LogP contribution in [-0.4, -0.2) is 38.8 Å². The van der Waals surface area contributed by atoms with Crippen LogP contribution < -0.4 is 24.7 Å². The van der Waals surface area contributed by atoms with Gasteiger partial charge in [-0.3, -0.25) is 9.59 Å². The van der Waals surface area contributed by atoms with E-state index in [1.54, 1.807) is 38.4 Å². The van der Waals surface area contributed by atoms with E-state index >= 15 is 0 Å². The number of ketones is 2. The molecule has 0 rings (SSSR count). The molecule has 4 nitrogen and oxygen atoms in total. The molecular formula is C12H22F3N2NbO2. The molecule has 0 heterocycles. The summed E-state index contributed by atoms with van der Waals surface area (Å²) in [6.45, 7) is 4.52. The molecule has 0 aromatic carbocycles. The van der Waals surface area contributed by atoms with E-state index in [1.165, 1.54) is 0 Å². The van der Waals surface area contributed by atoms with E-state index in [4.69, 9.17) is 0 Å². The van der Waals surface area contributed by atoms with Gasteiger partial charge in [0, 0.05) is 0 Å². The Morgan fingerprint density at radius 3 is 1.20 bits per heavy atom. The molecule has 0 radical (unpaired) electrons. The maximum absolute atomic E-state index is 10.5. The molecule has 0 bridgehead atoms. The minimum atomic E-state index is 0. The number of carbonyl (C=O) groups excluding carboxylic acids is 2. The van der Waals surface area contributed by atoms with Gasteiger partial charge < -0.3 is 24.7 Å². The van der Waals surface area contributed by atoms with Crippen LogP contribution in [0.25, 0.3) is 0 Å². The van der Waals surface area contributed by atoms with Crippen molar-refractivity contribution in [3.63, 3.8) is 0 Å². The Labute approximate surface area is 134 Å². The number of allylic oxidation sites excluding steroid dienone is 2. The van der Waals surface area contributed by atoms with Crippen molar-refractivity contribution in [2.24, 2.45) is 0 Å². The van der Waals surface area contributed by atoms with E-state index in [0.717, 1.165) is 0 Å². The van der Waals surface area contributed by atoms with E-state index < -0.39 is 0 Å². The third kappa shape index (κ3) is 36.0. The van der Waals surface area contributed by atoms with Crippen molar-refractivity contribution in [2.75, 3.05) is 27.2 Å². The molecule has 0 aliphatic carbocycles. The third-order valence-electron chi connectivity index (χ3n) is 1.41. The van der Waals surface area contributed by atoms with Gasteiger partial charge in [0.15, 0.2) is 11.6 Å². The summed E-state index contributed by atoms with van der Waals surface area (Å²) in [5.74, 6) is 0.241. The van der Waals surface area contributed by atoms with E-state index in [2.05, 4.69) is 10.6 Å². The second-order valence-electron chi connectivity index (χ2n) is 2.99. The molecule has 0 amide bonds. The molecule has 0 saturated heterocycles. The number of likely N-dealkylation sites (N-methyl/N-ethyl adjacent to an activating group) is 2. The largest absolute Gasteiger partial charge is 3.00 e. The van der Waals surface area contributed by atoms with E-state index in [1.807, 2.05) is 13.8 Å². The van der Waals surface area contributed by atoms with Crippen LogP contribution in [0.4, 0.5) is 0 Å². The van der Waals surface area contributed by atoms with Crippen LogP contribution in [0.5, 0.6) is 0 Å². The zero-order valence-corrected chi connectivity index (χ0v) is 14.3. The predicted molar refractivity (Wildman–Crippen MR) is 67.5 cm³/mol. The number of hydrogen-bond donors (Lipinski definition) is 2. The zero-order valence-electron chi connectivity index (χ0n) is 12.1. The van der Waals surface area contributed by atoms with Gasteiger partial charge in [0.1, 0.15) is 0 Å². The van der Waals surface area contributed by atoms with Crippen molar-refractivity contribution < 1.29 is 46.1 Å². The standard InChI is InChI=1S/2C6H11NO.3FH.Nb/c2*1-3-4-6(8)5-7-2;;;;/h2*3-4,7H,5H2,1-2H3;3*1H;/q;;;;;+3/p-3. The first kappa shape index (κ1) is 36.5. The fourth-order valence-corrected chi connectivity index (χ4v) is 0.838. The monoisotopic (exact) mass is 376 g/mol. The molecule has 0 aromatic heterocycles. The summed E-state index contributed by atoms with van der Waals surface area (Å²) in [5.41, 5.74) is 0. The Morgan fingerprint density at radius 2 is 1.05 bits per heavy atom. The van der Waals surface area contributed by atoms with Gasteiger partial charge in [0.05, 0.1) is 13.1 Å². The Balaban J connectivity index is -0.0000000408. The first-order valence-electron chi connectivity index (χ1n) is 5.22. The Hall–Kier alpha value is -0.730. The van der Waals surface area contributed by atoms with Gasteiger partial charge in [-0.05, 0) is 40.1 Å². The minimum Gasteiger partial charge on any atom is -1.00 e. The van der Waals surface area contributed by atoms with Gasteiger partial charge >= 0.3 is 22.4 Å². The van der Waals surface area contributed by atoms with Crippen molar-refractivity contribution in [3.8, 4) is 0 Å². The smallest absolute Gasteiger partial charge is 1.00 e. The zero-order chi connectivity index (χ0) is 12.8. The minimum absolute atomic E-state index is 0. The molecule has 0 fully saturated rings. The molecule has 0 aliphatic heterocycles. The van der Waals surface area contributed by atoms with Gasteiger partial charge in [-0.25, -0.2) is 0 Å². The summed E-state index contributed by atoms with van der Waals surface area (Å²) in [7, 11) is 3.50. The summed E-state index contributed by atoms with van der Waals surface area (Å²) in [5, 5.41) is 5.50. The first-order chi connectivity index (χ1) is 7.62. The maximum atomic E-state index is 10.5. The number of nitrogens with one attached hydrogen (secondary N) is 2. The van der Waals surface area contributed by atoms with Crippen molar-refractivity contribution >= 4 is 11.6 Å². The van der Waals surface area contributed by atoms with Crippen LogP contribution in [0.1, 0.15) is 13.8 Å². The van der Waals surface area contributed by atoms with Crippen LogP contribution in [0, 0.1) is 0 Å². The van der Waals surface area contributed by atoms with Gasteiger partial charge in [0.25, 0.3) is 0 Å². The van der Waals surface area contributed by atoms with Gasteiger partial charge in [-0.15, -0.1) is 0 Å². The molecule has 0 unspecified atom stereocenters. The normalized spacial score (nSPS) is 8.20. The number of rotatable bonds is 6. The molecule has 8 heteroatoms. The molecule has 20 heavy (non-hydrogen) atoms. The second kappa shape index (κ2) is 30.9. The number of hydrogen-bond acceptors (Lipinski definition) is 4. The van der Waals surface area contributed by atoms with Crippen molar-refractivity contribution in [1.29, 1.82) is 0 Å². The van der Waals surface area contributed by atoms with Crippen molar-refractivity contribution in [3.05, 3.63) is 24.3 Å². The predicted octanol–water partition coefficient (Wildman–Crippen LogP) is -8.29.